The fourth-order valence-corrected chi connectivity index (χ4v) is 2.67. The fraction of sp³-hybridized carbons (Fsp3) is 0. The number of anilines is 1. The Morgan fingerprint density at radius 1 is 1.19 bits per heavy atom. The summed E-state index contributed by atoms with van der Waals surface area (Å²) in [6.07, 6.45) is 0. The van der Waals surface area contributed by atoms with Crippen LogP contribution in [0.2, 0.25) is 0 Å². The third kappa shape index (κ3) is 3.28. The highest BCUT2D eigenvalue weighted by Crippen LogP contribution is 2.26. The molecule has 1 aromatic carbocycles. The van der Waals surface area contributed by atoms with E-state index in [4.69, 9.17) is 0 Å². The number of hydrogen-bond acceptors (Lipinski definition) is 5. The first-order valence-corrected chi connectivity index (χ1v) is 6.87. The Morgan fingerprint density at radius 2 is 1.90 bits per heavy atom. The topological polar surface area (TPSA) is 102 Å². The Labute approximate surface area is 117 Å². The van der Waals surface area contributed by atoms with E-state index in [0.29, 0.717) is 6.07 Å². The molecule has 1 aromatic heterocycles. The Hall–Kier alpha value is -2.62. The molecule has 0 radical (unpaired) electrons. The van der Waals surface area contributed by atoms with Gasteiger partial charge in [-0.05, 0) is 24.3 Å². The third-order valence-electron chi connectivity index (χ3n) is 2.36. The van der Waals surface area contributed by atoms with Crippen LogP contribution in [-0.2, 0) is 10.0 Å². The minimum absolute atomic E-state index is 0.353. The number of pyridine rings is 1. The van der Waals surface area contributed by atoms with Crippen LogP contribution < -0.4 is 4.72 Å². The number of benzene rings is 1. The normalized spacial score (nSPS) is 11.1. The molecule has 0 atom stereocenters. The second kappa shape index (κ2) is 5.40. The highest BCUT2D eigenvalue weighted by Gasteiger charge is 2.26. The lowest BCUT2D eigenvalue weighted by Gasteiger charge is -2.07. The van der Waals surface area contributed by atoms with Gasteiger partial charge in [-0.25, -0.2) is 17.8 Å². The SMILES string of the molecule is O=[N+]([O-])c1cc(F)ccc1S(=O)(=O)Nc1cccc(F)n1. The predicted octanol–water partition coefficient (Wildman–Crippen LogP) is 2.07. The van der Waals surface area contributed by atoms with Crippen LogP contribution in [0, 0.1) is 21.9 Å². The molecule has 0 amide bonds. The second-order valence-corrected chi connectivity index (χ2v) is 5.47. The van der Waals surface area contributed by atoms with Crippen molar-refractivity contribution in [3.8, 4) is 0 Å². The molecule has 110 valence electrons. The van der Waals surface area contributed by atoms with Crippen molar-refractivity contribution in [2.45, 2.75) is 4.90 Å². The molecule has 1 N–H and O–H groups in total. The van der Waals surface area contributed by atoms with E-state index in [1.807, 2.05) is 4.72 Å². The van der Waals surface area contributed by atoms with Crippen molar-refractivity contribution in [1.82, 2.24) is 4.98 Å². The van der Waals surface area contributed by atoms with Gasteiger partial charge in [-0.3, -0.25) is 14.8 Å². The van der Waals surface area contributed by atoms with Gasteiger partial charge in [0, 0.05) is 0 Å². The minimum atomic E-state index is -4.41. The summed E-state index contributed by atoms with van der Waals surface area (Å²) in [5, 5.41) is 10.8. The summed E-state index contributed by atoms with van der Waals surface area (Å²) < 4.78 is 51.9. The van der Waals surface area contributed by atoms with Crippen LogP contribution in [0.25, 0.3) is 0 Å². The maximum absolute atomic E-state index is 13.0. The van der Waals surface area contributed by atoms with Gasteiger partial charge in [0.25, 0.3) is 15.7 Å². The van der Waals surface area contributed by atoms with Crippen molar-refractivity contribution >= 4 is 21.5 Å². The van der Waals surface area contributed by atoms with Crippen LogP contribution in [0.15, 0.2) is 41.3 Å². The number of halogens is 2. The van der Waals surface area contributed by atoms with Crippen molar-refractivity contribution in [3.63, 3.8) is 0 Å². The number of sulfonamides is 1. The van der Waals surface area contributed by atoms with Gasteiger partial charge in [0.05, 0.1) is 11.0 Å². The van der Waals surface area contributed by atoms with Gasteiger partial charge in [-0.1, -0.05) is 6.07 Å². The van der Waals surface area contributed by atoms with Gasteiger partial charge >= 0.3 is 0 Å². The lowest BCUT2D eigenvalue weighted by molar-refractivity contribution is -0.388. The van der Waals surface area contributed by atoms with E-state index in [9.17, 15) is 27.3 Å². The molecule has 0 spiro atoms. The van der Waals surface area contributed by atoms with E-state index in [0.717, 1.165) is 24.3 Å². The molecule has 0 unspecified atom stereocenters. The average molecular weight is 315 g/mol. The van der Waals surface area contributed by atoms with Gasteiger partial charge in [-0.2, -0.15) is 4.39 Å². The van der Waals surface area contributed by atoms with Crippen LogP contribution in [0.3, 0.4) is 0 Å². The zero-order chi connectivity index (χ0) is 15.6. The van der Waals surface area contributed by atoms with Crippen LogP contribution in [0.5, 0.6) is 0 Å². The molecule has 0 aliphatic heterocycles. The highest BCUT2D eigenvalue weighted by atomic mass is 32.2. The van der Waals surface area contributed by atoms with Gasteiger partial charge in [0.15, 0.2) is 4.90 Å². The summed E-state index contributed by atoms with van der Waals surface area (Å²) in [5.74, 6) is -2.23. The van der Waals surface area contributed by atoms with Crippen molar-refractivity contribution in [2.24, 2.45) is 0 Å². The number of hydrogen-bond donors (Lipinski definition) is 1. The van der Waals surface area contributed by atoms with E-state index in [1.54, 1.807) is 0 Å². The molecule has 0 aliphatic rings. The summed E-state index contributed by atoms with van der Waals surface area (Å²) in [6.45, 7) is 0. The second-order valence-electron chi connectivity index (χ2n) is 3.82. The Bertz CT molecular complexity index is 811. The fourth-order valence-electron chi connectivity index (χ4n) is 1.52. The molecular formula is C11H7F2N3O4S. The quantitative estimate of drug-likeness (QED) is 0.528. The number of nitrogens with one attached hydrogen (secondary N) is 1. The molecule has 10 heteroatoms. The van der Waals surface area contributed by atoms with Crippen LogP contribution in [0.1, 0.15) is 0 Å². The van der Waals surface area contributed by atoms with Gasteiger partial charge in [-0.15, -0.1) is 0 Å². The maximum atomic E-state index is 13.0. The number of nitro groups is 1. The number of nitro benzene ring substituents is 1. The number of rotatable bonds is 4. The Morgan fingerprint density at radius 3 is 2.52 bits per heavy atom. The largest absolute Gasteiger partial charge is 0.292 e. The van der Waals surface area contributed by atoms with E-state index in [1.165, 1.54) is 6.07 Å². The van der Waals surface area contributed by atoms with Gasteiger partial charge in [0.2, 0.25) is 5.95 Å². The lowest BCUT2D eigenvalue weighted by Crippen LogP contribution is -2.16. The number of nitrogens with zero attached hydrogens (tertiary/aromatic N) is 2. The first-order valence-electron chi connectivity index (χ1n) is 5.39. The smallest absolute Gasteiger partial charge is 0.263 e. The molecule has 2 rings (SSSR count). The third-order valence-corrected chi connectivity index (χ3v) is 3.76. The first kappa shape index (κ1) is 14.8. The monoisotopic (exact) mass is 315 g/mol. The molecular weight excluding hydrogens is 308 g/mol. The van der Waals surface area contributed by atoms with Crippen molar-refractivity contribution < 1.29 is 22.1 Å². The van der Waals surface area contributed by atoms with Crippen molar-refractivity contribution in [3.05, 3.63) is 58.3 Å². The van der Waals surface area contributed by atoms with E-state index >= 15 is 0 Å². The summed E-state index contributed by atoms with van der Waals surface area (Å²) >= 11 is 0. The first-order chi connectivity index (χ1) is 9.79. The van der Waals surface area contributed by atoms with E-state index < -0.39 is 37.3 Å². The number of aromatic nitrogens is 1. The molecule has 7 nitrogen and oxygen atoms in total. The van der Waals surface area contributed by atoms with Crippen molar-refractivity contribution in [1.29, 1.82) is 0 Å². The summed E-state index contributed by atoms with van der Waals surface area (Å²) in [5.41, 5.74) is -0.932. The van der Waals surface area contributed by atoms with Crippen LogP contribution >= 0.6 is 0 Å². The highest BCUT2D eigenvalue weighted by molar-refractivity contribution is 7.92. The molecule has 21 heavy (non-hydrogen) atoms. The van der Waals surface area contributed by atoms with Crippen LogP contribution in [-0.4, -0.2) is 18.3 Å². The molecule has 0 fully saturated rings. The molecule has 0 bridgehead atoms. The summed E-state index contributed by atoms with van der Waals surface area (Å²) in [4.78, 5) is 12.3. The van der Waals surface area contributed by atoms with Crippen LogP contribution in [0.4, 0.5) is 20.3 Å². The Kier molecular flexibility index (Phi) is 3.80. The zero-order valence-electron chi connectivity index (χ0n) is 10.2. The van der Waals surface area contributed by atoms with E-state index in [2.05, 4.69) is 4.98 Å². The maximum Gasteiger partial charge on any atom is 0.292 e. The molecule has 0 saturated heterocycles. The standard InChI is InChI=1S/C11H7F2N3O4S/c12-7-4-5-9(8(6-7)16(17)18)21(19,20)15-11-3-1-2-10(13)14-11/h1-6H,(H,14,15). The van der Waals surface area contributed by atoms with E-state index in [-0.39, 0.29) is 5.82 Å². The Balaban J connectivity index is 2.47. The molecule has 2 aromatic rings. The zero-order valence-corrected chi connectivity index (χ0v) is 11.0. The van der Waals surface area contributed by atoms with Gasteiger partial charge < -0.3 is 0 Å². The molecule has 1 heterocycles. The predicted molar refractivity (Wildman–Crippen MR) is 68.1 cm³/mol. The minimum Gasteiger partial charge on any atom is -0.263 e. The summed E-state index contributed by atoms with van der Waals surface area (Å²) in [7, 11) is -4.41. The lowest BCUT2D eigenvalue weighted by atomic mass is 10.3. The summed E-state index contributed by atoms with van der Waals surface area (Å²) in [6, 6.07) is 5.36. The van der Waals surface area contributed by atoms with Crippen molar-refractivity contribution in [2.75, 3.05) is 4.72 Å². The molecule has 0 saturated carbocycles. The average Bonchev–Trinajstić information content (AvgIpc) is 2.37. The van der Waals surface area contributed by atoms with Gasteiger partial charge in [0.1, 0.15) is 11.6 Å². The molecule has 0 aliphatic carbocycles.